The molecule has 3 atom stereocenters. The molecular formula is C24H36O5SeSi. The Kier molecular flexibility index (Phi) is 9.10. The predicted octanol–water partition coefficient (Wildman–Crippen LogP) is 3.80. The van der Waals surface area contributed by atoms with Gasteiger partial charge in [0.25, 0.3) is 0 Å². The summed E-state index contributed by atoms with van der Waals surface area (Å²) in [5.41, 5.74) is -1.49. The second-order valence-corrected chi connectivity index (χ2v) is 17.2. The van der Waals surface area contributed by atoms with Crippen LogP contribution in [0.25, 0.3) is 0 Å². The molecular weight excluding hydrogens is 475 g/mol. The van der Waals surface area contributed by atoms with Crippen LogP contribution in [0.5, 0.6) is 0 Å². The van der Waals surface area contributed by atoms with Crippen LogP contribution >= 0.6 is 0 Å². The molecule has 0 saturated heterocycles. The molecule has 0 radical (unpaired) electrons. The van der Waals surface area contributed by atoms with Gasteiger partial charge in [-0.1, -0.05) is 0 Å². The molecule has 31 heavy (non-hydrogen) atoms. The van der Waals surface area contributed by atoms with E-state index < -0.39 is 31.3 Å². The van der Waals surface area contributed by atoms with Gasteiger partial charge in [0.1, 0.15) is 0 Å². The van der Waals surface area contributed by atoms with Crippen molar-refractivity contribution in [1.29, 1.82) is 0 Å². The zero-order valence-corrected chi connectivity index (χ0v) is 22.3. The van der Waals surface area contributed by atoms with E-state index in [9.17, 15) is 14.4 Å². The molecule has 0 aromatic heterocycles. The molecule has 1 aliphatic carbocycles. The van der Waals surface area contributed by atoms with Crippen molar-refractivity contribution in [3.05, 3.63) is 30.3 Å². The molecule has 5 nitrogen and oxygen atoms in total. The molecule has 1 fully saturated rings. The maximum atomic E-state index is 13.3. The summed E-state index contributed by atoms with van der Waals surface area (Å²) in [6.45, 7) is 12.0. The number of carbonyl (C=O) groups is 3. The Morgan fingerprint density at radius 1 is 0.935 bits per heavy atom. The minimum absolute atomic E-state index is 0.0363. The van der Waals surface area contributed by atoms with Crippen LogP contribution in [0, 0.1) is 17.3 Å². The first kappa shape index (κ1) is 25.8. The number of rotatable bonds is 12. The number of esters is 2. The normalized spacial score (nSPS) is 20.6. The molecule has 1 aromatic carbocycles. The number of hydrogen-bond acceptors (Lipinski definition) is 5. The summed E-state index contributed by atoms with van der Waals surface area (Å²) in [4.78, 5) is 39.3. The van der Waals surface area contributed by atoms with Gasteiger partial charge >= 0.3 is 194 Å². The second-order valence-electron chi connectivity index (χ2n) is 8.20. The van der Waals surface area contributed by atoms with Gasteiger partial charge < -0.3 is 0 Å². The zero-order chi connectivity index (χ0) is 23.2. The third-order valence-electron chi connectivity index (χ3n) is 6.98. The monoisotopic (exact) mass is 512 g/mol. The van der Waals surface area contributed by atoms with Gasteiger partial charge in [-0.15, -0.1) is 0 Å². The van der Waals surface area contributed by atoms with E-state index in [1.165, 1.54) is 11.4 Å². The van der Waals surface area contributed by atoms with Crippen molar-refractivity contribution in [3.63, 3.8) is 0 Å². The molecule has 0 unspecified atom stereocenters. The van der Waals surface area contributed by atoms with E-state index in [1.54, 1.807) is 13.8 Å². The topological polar surface area (TPSA) is 69.7 Å². The quantitative estimate of drug-likeness (QED) is 0.243. The van der Waals surface area contributed by atoms with E-state index in [1.807, 2.05) is 18.2 Å². The van der Waals surface area contributed by atoms with Crippen molar-refractivity contribution < 1.29 is 23.9 Å². The molecule has 1 saturated carbocycles. The molecule has 172 valence electrons. The molecule has 0 aliphatic heterocycles. The Morgan fingerprint density at radius 2 is 1.42 bits per heavy atom. The van der Waals surface area contributed by atoms with Gasteiger partial charge in [-0.05, 0) is 0 Å². The number of hydrogen-bond donors (Lipinski definition) is 0. The molecule has 2 rings (SSSR count). The van der Waals surface area contributed by atoms with E-state index >= 15 is 0 Å². The molecule has 7 heteroatoms. The third kappa shape index (κ3) is 4.69. The van der Waals surface area contributed by atoms with Crippen LogP contribution in [0.4, 0.5) is 0 Å². The Hall–Kier alpha value is -1.43. The Balaban J connectivity index is 2.66. The first-order valence-electron chi connectivity index (χ1n) is 11.4. The van der Waals surface area contributed by atoms with Crippen LogP contribution in [-0.4, -0.2) is 54.0 Å². The van der Waals surface area contributed by atoms with Crippen molar-refractivity contribution in [2.75, 3.05) is 13.2 Å². The molecule has 0 amide bonds. The minimum atomic E-state index is -1.88. The molecule has 0 spiro atoms. The van der Waals surface area contributed by atoms with Crippen LogP contribution in [0.15, 0.2) is 30.3 Å². The molecule has 1 aliphatic rings. The van der Waals surface area contributed by atoms with Gasteiger partial charge in [0.2, 0.25) is 0 Å². The second kappa shape index (κ2) is 10.9. The van der Waals surface area contributed by atoms with Gasteiger partial charge in [0.15, 0.2) is 0 Å². The fourth-order valence-electron chi connectivity index (χ4n) is 5.09. The molecule has 0 N–H and O–H groups in total. The van der Waals surface area contributed by atoms with Gasteiger partial charge in [0, 0.05) is 0 Å². The Morgan fingerprint density at radius 3 is 1.81 bits per heavy atom. The number of Topliss-reactive ketones (excluding diaryl/α,β-unsaturated/α-hetero) is 1. The summed E-state index contributed by atoms with van der Waals surface area (Å²) in [5, 5.41) is 0. The van der Waals surface area contributed by atoms with Crippen molar-refractivity contribution in [3.8, 4) is 0 Å². The predicted molar refractivity (Wildman–Crippen MR) is 126 cm³/mol. The molecule has 0 heterocycles. The van der Waals surface area contributed by atoms with Crippen LogP contribution in [0.2, 0.25) is 22.6 Å². The first-order chi connectivity index (χ1) is 14.8. The van der Waals surface area contributed by atoms with E-state index in [4.69, 9.17) is 9.47 Å². The number of ketones is 1. The van der Waals surface area contributed by atoms with Crippen LogP contribution in [0.1, 0.15) is 41.5 Å². The van der Waals surface area contributed by atoms with E-state index in [2.05, 4.69) is 32.9 Å². The number of carbonyl (C=O) groups excluding carboxylic acids is 3. The standard InChI is InChI=1S/C24H36O5SeSi/c1-7-28-22(26)24(23(27)29-8-2)19(17(6)25)20(24)21(31(9-3,10-4)11-5)30-18-15-13-12-14-16-18/h12-16,19-21H,7-11H2,1-6H3/t19-,20-,21+/m1/s1. The van der Waals surface area contributed by atoms with E-state index in [-0.39, 0.29) is 44.3 Å². The molecule has 1 aromatic rings. The maximum absolute atomic E-state index is 13.3. The third-order valence-corrected chi connectivity index (χ3v) is 18.8. The average molecular weight is 512 g/mol. The van der Waals surface area contributed by atoms with Crippen LogP contribution < -0.4 is 4.46 Å². The fourth-order valence-corrected chi connectivity index (χ4v) is 17.1. The van der Waals surface area contributed by atoms with Gasteiger partial charge in [-0.25, -0.2) is 0 Å². The average Bonchev–Trinajstić information content (AvgIpc) is 3.47. The Bertz CT molecular complexity index is 751. The van der Waals surface area contributed by atoms with Crippen molar-refractivity contribution in [2.45, 2.75) is 64.1 Å². The van der Waals surface area contributed by atoms with Gasteiger partial charge in [0.05, 0.1) is 0 Å². The van der Waals surface area contributed by atoms with Crippen LogP contribution in [0.3, 0.4) is 0 Å². The molecule has 0 bridgehead atoms. The summed E-state index contributed by atoms with van der Waals surface area (Å²) < 4.78 is 12.2. The van der Waals surface area contributed by atoms with Crippen LogP contribution in [-0.2, 0) is 23.9 Å². The fraction of sp³-hybridized carbons (Fsp3) is 0.625. The van der Waals surface area contributed by atoms with Gasteiger partial charge in [-0.3, -0.25) is 0 Å². The summed E-state index contributed by atoms with van der Waals surface area (Å²) >= 11 is 0.0363. The summed E-state index contributed by atoms with van der Waals surface area (Å²) in [7, 11) is -1.88. The van der Waals surface area contributed by atoms with Gasteiger partial charge in [-0.2, -0.15) is 0 Å². The summed E-state index contributed by atoms with van der Waals surface area (Å²) in [6.07, 6.45) is 0. The number of benzene rings is 1. The van der Waals surface area contributed by atoms with E-state index in [0.29, 0.717) is 0 Å². The van der Waals surface area contributed by atoms with E-state index in [0.717, 1.165) is 18.1 Å². The summed E-state index contributed by atoms with van der Waals surface area (Å²) in [6, 6.07) is 13.5. The summed E-state index contributed by atoms with van der Waals surface area (Å²) in [5.74, 6) is -2.28. The van der Waals surface area contributed by atoms with Crippen molar-refractivity contribution >= 4 is 45.2 Å². The van der Waals surface area contributed by atoms with Crippen molar-refractivity contribution in [1.82, 2.24) is 0 Å². The first-order valence-corrected chi connectivity index (χ1v) is 15.9. The zero-order valence-electron chi connectivity index (χ0n) is 19.6. The SMILES string of the molecule is CCOC(=O)C1(C(=O)OCC)[C@@H]([C@@H]([Se]c2ccccc2)[Si](CC)(CC)CC)[C@H]1C(C)=O. The van der Waals surface area contributed by atoms with Crippen molar-refractivity contribution in [2.24, 2.45) is 17.3 Å². The Labute approximate surface area is 193 Å². The number of ether oxygens (including phenoxy) is 2.